The van der Waals surface area contributed by atoms with Crippen LogP contribution in [0.2, 0.25) is 5.02 Å². The molecule has 0 bridgehead atoms. The normalized spacial score (nSPS) is 14.2. The molecule has 2 rings (SSSR count). The van der Waals surface area contributed by atoms with Gasteiger partial charge in [-0.3, -0.25) is 0 Å². The van der Waals surface area contributed by atoms with Crippen molar-refractivity contribution in [1.29, 1.82) is 0 Å². The SMILES string of the molecule is CC(C)(C)c1cc2ccc(Cl)cc2[s+]1C(F)(F)F.O=S(=O)([O-])C(F)(F)F. The first kappa shape index (κ1) is 23.0. The molecule has 3 nitrogen and oxygen atoms in total. The van der Waals surface area contributed by atoms with Crippen LogP contribution in [0.5, 0.6) is 0 Å². The Morgan fingerprint density at radius 1 is 1.00 bits per heavy atom. The van der Waals surface area contributed by atoms with Gasteiger partial charge >= 0.3 is 11.0 Å². The molecule has 1 atom stereocenters. The minimum absolute atomic E-state index is 0.292. The van der Waals surface area contributed by atoms with E-state index >= 15 is 0 Å². The Kier molecular flexibility index (Phi) is 6.35. The Hall–Kier alpha value is -1.04. The number of halogens is 7. The Bertz CT molecular complexity index is 892. The minimum atomic E-state index is -6.09. The second-order valence-corrected chi connectivity index (χ2v) is 9.86. The van der Waals surface area contributed by atoms with E-state index in [1.165, 1.54) is 6.07 Å². The third kappa shape index (κ3) is 5.48. The Labute approximate surface area is 153 Å². The quantitative estimate of drug-likeness (QED) is 0.215. The molecule has 0 fully saturated rings. The molecular weight excluding hydrogens is 430 g/mol. The molecule has 2 aromatic rings. The zero-order valence-corrected chi connectivity index (χ0v) is 15.9. The van der Waals surface area contributed by atoms with E-state index < -0.39 is 37.0 Å². The van der Waals surface area contributed by atoms with Crippen molar-refractivity contribution >= 4 is 42.3 Å². The van der Waals surface area contributed by atoms with E-state index in [-0.39, 0.29) is 0 Å². The first-order valence-electron chi connectivity index (χ1n) is 6.70. The molecular formula is C14H13ClF6O3S2. The van der Waals surface area contributed by atoms with Crippen LogP contribution in [0.25, 0.3) is 10.1 Å². The largest absolute Gasteiger partial charge is 0.741 e. The van der Waals surface area contributed by atoms with Crippen LogP contribution in [0, 0.1) is 0 Å². The van der Waals surface area contributed by atoms with Crippen LogP contribution in [0.15, 0.2) is 24.3 Å². The van der Waals surface area contributed by atoms with Gasteiger partial charge in [0.25, 0.3) is 0 Å². The molecule has 0 amide bonds. The van der Waals surface area contributed by atoms with Crippen molar-refractivity contribution in [3.8, 4) is 0 Å². The molecule has 1 heterocycles. The van der Waals surface area contributed by atoms with Crippen molar-refractivity contribution in [3.05, 3.63) is 34.2 Å². The van der Waals surface area contributed by atoms with E-state index in [2.05, 4.69) is 0 Å². The van der Waals surface area contributed by atoms with Crippen LogP contribution >= 0.6 is 22.1 Å². The van der Waals surface area contributed by atoms with Gasteiger partial charge in [-0.2, -0.15) is 13.2 Å². The molecule has 1 aromatic carbocycles. The zero-order valence-electron chi connectivity index (χ0n) is 13.5. The molecule has 0 N–H and O–H groups in total. The number of fused-ring (bicyclic) bond motifs is 1. The molecule has 0 spiro atoms. The lowest BCUT2D eigenvalue weighted by Gasteiger charge is -2.13. The third-order valence-corrected chi connectivity index (χ3v) is 6.18. The summed E-state index contributed by atoms with van der Waals surface area (Å²) in [5.41, 5.74) is -10.4. The average molecular weight is 443 g/mol. The molecule has 0 saturated carbocycles. The van der Waals surface area contributed by atoms with E-state index in [1.54, 1.807) is 39.0 Å². The fraction of sp³-hybridized carbons (Fsp3) is 0.429. The second kappa shape index (κ2) is 7.17. The summed E-state index contributed by atoms with van der Waals surface area (Å²) >= 11 is 5.81. The minimum Gasteiger partial charge on any atom is -0.741 e. The average Bonchev–Trinajstić information content (AvgIpc) is 2.75. The first-order chi connectivity index (χ1) is 11.4. The topological polar surface area (TPSA) is 57.2 Å². The standard InChI is InChI=1S/C13H13ClF3S.CHF3O3S/c1-12(2,3)11-6-8-4-5-9(14)7-10(8)18(11)13(15,16)17;2-1(3,4)8(5,6)7/h4-7H,1-3H3;(H,5,6,7)/q+1;/p-1. The number of rotatable bonds is 0. The molecule has 12 heteroatoms. The second-order valence-electron chi connectivity index (χ2n) is 6.09. The van der Waals surface area contributed by atoms with Gasteiger partial charge < -0.3 is 4.55 Å². The van der Waals surface area contributed by atoms with Crippen LogP contribution in [0.3, 0.4) is 0 Å². The highest BCUT2D eigenvalue weighted by Crippen LogP contribution is 2.54. The van der Waals surface area contributed by atoms with Crippen molar-refractivity contribution in [3.63, 3.8) is 0 Å². The highest BCUT2D eigenvalue weighted by molar-refractivity contribution is 7.86. The van der Waals surface area contributed by atoms with Crippen LogP contribution in [-0.4, -0.2) is 18.5 Å². The third-order valence-electron chi connectivity index (χ3n) is 2.96. The van der Waals surface area contributed by atoms with Gasteiger partial charge in [0.05, 0.1) is 10.5 Å². The molecule has 1 aromatic heterocycles. The predicted octanol–water partition coefficient (Wildman–Crippen LogP) is 6.07. The van der Waals surface area contributed by atoms with Crippen LogP contribution < -0.4 is 0 Å². The van der Waals surface area contributed by atoms with Crippen LogP contribution in [-0.2, 0) is 21.0 Å². The van der Waals surface area contributed by atoms with Crippen LogP contribution in [0.1, 0.15) is 25.6 Å². The summed E-state index contributed by atoms with van der Waals surface area (Å²) in [6.07, 6.45) is 0. The summed E-state index contributed by atoms with van der Waals surface area (Å²) in [7, 11) is -7.95. The maximum atomic E-state index is 13.3. The van der Waals surface area contributed by atoms with Crippen molar-refractivity contribution in [2.45, 2.75) is 37.2 Å². The Morgan fingerprint density at radius 2 is 1.46 bits per heavy atom. The van der Waals surface area contributed by atoms with Crippen molar-refractivity contribution in [2.24, 2.45) is 0 Å². The predicted molar refractivity (Wildman–Crippen MR) is 87.2 cm³/mol. The number of hydrogen-bond donors (Lipinski definition) is 0. The van der Waals surface area contributed by atoms with Gasteiger partial charge in [-0.05, 0) is 12.1 Å². The lowest BCUT2D eigenvalue weighted by molar-refractivity contribution is -0.0869. The smallest absolute Gasteiger partial charge is 0.600 e. The first-order valence-corrected chi connectivity index (χ1v) is 9.72. The molecule has 0 aliphatic rings. The van der Waals surface area contributed by atoms with E-state index in [9.17, 15) is 26.3 Å². The highest BCUT2D eigenvalue weighted by Gasteiger charge is 2.50. The van der Waals surface area contributed by atoms with Crippen molar-refractivity contribution in [2.75, 3.05) is 0 Å². The number of benzene rings is 1. The van der Waals surface area contributed by atoms with Gasteiger partial charge in [-0.1, -0.05) is 32.4 Å². The monoisotopic (exact) mass is 442 g/mol. The summed E-state index contributed by atoms with van der Waals surface area (Å²) in [6.45, 7) is 5.41. The number of thiophene rings is 1. The van der Waals surface area contributed by atoms with Crippen molar-refractivity contribution in [1.82, 2.24) is 0 Å². The zero-order chi connectivity index (χ0) is 20.7. The summed E-state index contributed by atoms with van der Waals surface area (Å²) in [5.74, 6) is 0. The molecule has 0 aliphatic heterocycles. The van der Waals surface area contributed by atoms with E-state index in [0.717, 1.165) is 0 Å². The fourth-order valence-electron chi connectivity index (χ4n) is 1.89. The molecule has 1 unspecified atom stereocenters. The van der Waals surface area contributed by atoms with Gasteiger partial charge in [0.2, 0.25) is 0 Å². The maximum absolute atomic E-state index is 13.3. The summed E-state index contributed by atoms with van der Waals surface area (Å²) in [5, 5.41) is 0.976. The van der Waals surface area contributed by atoms with Gasteiger partial charge in [-0.25, -0.2) is 8.42 Å². The van der Waals surface area contributed by atoms with Crippen LogP contribution in [0.4, 0.5) is 26.3 Å². The number of hydrogen-bond acceptors (Lipinski definition) is 3. The molecule has 0 radical (unpaired) electrons. The van der Waals surface area contributed by atoms with E-state index in [4.69, 9.17) is 24.6 Å². The van der Waals surface area contributed by atoms with Gasteiger partial charge in [-0.15, -0.1) is 13.2 Å². The lowest BCUT2D eigenvalue weighted by Crippen LogP contribution is -2.21. The Balaban J connectivity index is 0.000000359. The molecule has 0 aliphatic carbocycles. The lowest BCUT2D eigenvalue weighted by atomic mass is 9.94. The van der Waals surface area contributed by atoms with Gasteiger partial charge in [0.15, 0.2) is 19.7 Å². The Morgan fingerprint density at radius 3 is 1.81 bits per heavy atom. The fourth-order valence-corrected chi connectivity index (χ4v) is 4.33. The van der Waals surface area contributed by atoms with Gasteiger partial charge in [0, 0.05) is 28.0 Å². The number of alkyl halides is 6. The maximum Gasteiger partial charge on any atom is 0.600 e. The molecule has 26 heavy (non-hydrogen) atoms. The summed E-state index contributed by atoms with van der Waals surface area (Å²) in [6, 6.07) is 6.37. The molecule has 148 valence electrons. The van der Waals surface area contributed by atoms with Gasteiger partial charge in [0.1, 0.15) is 0 Å². The van der Waals surface area contributed by atoms with E-state index in [0.29, 0.717) is 20.0 Å². The van der Waals surface area contributed by atoms with E-state index in [1.807, 2.05) is 0 Å². The molecule has 0 saturated heterocycles. The summed E-state index contributed by atoms with van der Waals surface area (Å²) < 4.78 is 99.0. The highest BCUT2D eigenvalue weighted by atomic mass is 35.5. The van der Waals surface area contributed by atoms with Crippen molar-refractivity contribution < 1.29 is 39.3 Å². The summed E-state index contributed by atoms with van der Waals surface area (Å²) in [4.78, 5) is 0.423.